The van der Waals surface area contributed by atoms with Crippen molar-refractivity contribution in [2.75, 3.05) is 19.6 Å². The Bertz CT molecular complexity index is 527. The van der Waals surface area contributed by atoms with Crippen LogP contribution in [0, 0.1) is 17.0 Å². The molecule has 1 amide bonds. The predicted molar refractivity (Wildman–Crippen MR) is 82.8 cm³/mol. The quantitative estimate of drug-likeness (QED) is 0.904. The minimum absolute atomic E-state index is 0. The summed E-state index contributed by atoms with van der Waals surface area (Å²) in [5.41, 5.74) is 0.706. The van der Waals surface area contributed by atoms with Crippen LogP contribution < -0.4 is 5.32 Å². The van der Waals surface area contributed by atoms with E-state index in [9.17, 15) is 13.6 Å². The van der Waals surface area contributed by atoms with E-state index in [1.807, 2.05) is 0 Å². The molecule has 1 spiro atoms. The standard InChI is InChI=1S/C16H20F2N2O.ClH/c17-13-7-12(8-14(18)9-13)10-20-11-16(2-1-15(20)21)3-5-19-6-4-16;/h7-9,19H,1-6,10-11H2;1H. The molecule has 0 aromatic heterocycles. The number of nitrogens with one attached hydrogen (secondary N) is 1. The highest BCUT2D eigenvalue weighted by Crippen LogP contribution is 2.38. The van der Waals surface area contributed by atoms with Gasteiger partial charge in [0.2, 0.25) is 5.91 Å². The van der Waals surface area contributed by atoms with Crippen LogP contribution >= 0.6 is 12.4 Å². The zero-order valence-electron chi connectivity index (χ0n) is 12.4. The van der Waals surface area contributed by atoms with E-state index in [1.54, 1.807) is 4.90 Å². The molecule has 2 aliphatic rings. The minimum Gasteiger partial charge on any atom is -0.338 e. The zero-order valence-corrected chi connectivity index (χ0v) is 13.2. The Balaban J connectivity index is 0.00000176. The van der Waals surface area contributed by atoms with Crippen LogP contribution in [0.2, 0.25) is 0 Å². The summed E-state index contributed by atoms with van der Waals surface area (Å²) in [6, 6.07) is 3.47. The van der Waals surface area contributed by atoms with Crippen LogP contribution in [0.3, 0.4) is 0 Å². The van der Waals surface area contributed by atoms with Crippen LogP contribution in [0.25, 0.3) is 0 Å². The van der Waals surface area contributed by atoms with Crippen molar-refractivity contribution in [2.24, 2.45) is 5.41 Å². The summed E-state index contributed by atoms with van der Waals surface area (Å²) in [4.78, 5) is 13.9. The molecule has 1 aromatic carbocycles. The van der Waals surface area contributed by atoms with Gasteiger partial charge in [-0.3, -0.25) is 4.79 Å². The van der Waals surface area contributed by atoms with E-state index >= 15 is 0 Å². The lowest BCUT2D eigenvalue weighted by Crippen LogP contribution is -2.50. The normalized spacial score (nSPS) is 20.8. The Kier molecular flexibility index (Phi) is 5.40. The minimum atomic E-state index is -0.592. The van der Waals surface area contributed by atoms with Crippen molar-refractivity contribution in [3.05, 3.63) is 35.4 Å². The molecule has 22 heavy (non-hydrogen) atoms. The number of carbonyl (C=O) groups is 1. The van der Waals surface area contributed by atoms with Gasteiger partial charge in [0.05, 0.1) is 0 Å². The molecule has 3 rings (SSSR count). The Morgan fingerprint density at radius 1 is 1.09 bits per heavy atom. The van der Waals surface area contributed by atoms with Gasteiger partial charge in [0.25, 0.3) is 0 Å². The summed E-state index contributed by atoms with van der Waals surface area (Å²) in [5.74, 6) is -1.10. The Labute approximate surface area is 135 Å². The molecule has 2 fully saturated rings. The summed E-state index contributed by atoms with van der Waals surface area (Å²) >= 11 is 0. The van der Waals surface area contributed by atoms with Gasteiger partial charge in [-0.05, 0) is 55.5 Å². The molecular weight excluding hydrogens is 310 g/mol. The molecule has 0 aliphatic carbocycles. The largest absolute Gasteiger partial charge is 0.338 e. The number of amides is 1. The summed E-state index contributed by atoms with van der Waals surface area (Å²) in [6.07, 6.45) is 3.60. The first-order valence-corrected chi connectivity index (χ1v) is 7.50. The monoisotopic (exact) mass is 330 g/mol. The van der Waals surface area contributed by atoms with Crippen molar-refractivity contribution < 1.29 is 13.6 Å². The van der Waals surface area contributed by atoms with E-state index in [4.69, 9.17) is 0 Å². The fourth-order valence-electron chi connectivity index (χ4n) is 3.53. The highest BCUT2D eigenvalue weighted by Gasteiger charge is 2.39. The number of piperidine rings is 2. The third-order valence-corrected chi connectivity index (χ3v) is 4.71. The van der Waals surface area contributed by atoms with Crippen LogP contribution in [0.1, 0.15) is 31.2 Å². The van der Waals surface area contributed by atoms with Crippen LogP contribution in [0.4, 0.5) is 8.78 Å². The molecule has 0 bridgehead atoms. The Morgan fingerprint density at radius 2 is 1.73 bits per heavy atom. The molecule has 122 valence electrons. The number of hydrogen-bond acceptors (Lipinski definition) is 2. The smallest absolute Gasteiger partial charge is 0.222 e. The van der Waals surface area contributed by atoms with Crippen molar-refractivity contribution in [1.29, 1.82) is 0 Å². The van der Waals surface area contributed by atoms with Gasteiger partial charge >= 0.3 is 0 Å². The van der Waals surface area contributed by atoms with Crippen molar-refractivity contribution in [3.63, 3.8) is 0 Å². The number of rotatable bonds is 2. The van der Waals surface area contributed by atoms with E-state index in [1.165, 1.54) is 12.1 Å². The van der Waals surface area contributed by atoms with Gasteiger partial charge in [0.1, 0.15) is 11.6 Å². The molecule has 6 heteroatoms. The third kappa shape index (κ3) is 3.76. The molecule has 2 aliphatic heterocycles. The Morgan fingerprint density at radius 3 is 2.36 bits per heavy atom. The van der Waals surface area contributed by atoms with Crippen LogP contribution in [0.15, 0.2) is 18.2 Å². The number of hydrogen-bond donors (Lipinski definition) is 1. The number of halogens is 3. The van der Waals surface area contributed by atoms with Crippen molar-refractivity contribution in [2.45, 2.75) is 32.2 Å². The maximum Gasteiger partial charge on any atom is 0.222 e. The molecule has 0 radical (unpaired) electrons. The fourth-order valence-corrected chi connectivity index (χ4v) is 3.53. The van der Waals surface area contributed by atoms with E-state index in [0.29, 0.717) is 25.1 Å². The number of likely N-dealkylation sites (tertiary alicyclic amines) is 1. The third-order valence-electron chi connectivity index (χ3n) is 4.71. The summed E-state index contributed by atoms with van der Waals surface area (Å²) in [5, 5.41) is 3.34. The summed E-state index contributed by atoms with van der Waals surface area (Å²) in [6.45, 7) is 2.96. The van der Waals surface area contributed by atoms with Gasteiger partial charge in [-0.1, -0.05) is 0 Å². The van der Waals surface area contributed by atoms with Crippen molar-refractivity contribution >= 4 is 18.3 Å². The lowest BCUT2D eigenvalue weighted by molar-refractivity contribution is -0.139. The first kappa shape index (κ1) is 17.2. The first-order valence-electron chi connectivity index (χ1n) is 7.50. The highest BCUT2D eigenvalue weighted by molar-refractivity contribution is 5.85. The number of nitrogens with zero attached hydrogens (tertiary/aromatic N) is 1. The van der Waals surface area contributed by atoms with E-state index in [2.05, 4.69) is 5.32 Å². The van der Waals surface area contributed by atoms with Gasteiger partial charge in [-0.25, -0.2) is 8.78 Å². The number of carbonyl (C=O) groups excluding carboxylic acids is 1. The van der Waals surface area contributed by atoms with Crippen LogP contribution in [0.5, 0.6) is 0 Å². The second kappa shape index (κ2) is 6.92. The fraction of sp³-hybridized carbons (Fsp3) is 0.562. The zero-order chi connectivity index (χ0) is 14.9. The molecule has 1 aromatic rings. The average Bonchev–Trinajstić information content (AvgIpc) is 2.43. The van der Waals surface area contributed by atoms with E-state index in [-0.39, 0.29) is 23.7 Å². The molecule has 1 N–H and O–H groups in total. The predicted octanol–water partition coefficient (Wildman–Crippen LogP) is 2.88. The number of benzene rings is 1. The Hall–Kier alpha value is -1.20. The van der Waals surface area contributed by atoms with Crippen LogP contribution in [-0.2, 0) is 11.3 Å². The molecule has 2 heterocycles. The second-order valence-electron chi connectivity index (χ2n) is 6.28. The SMILES string of the molecule is Cl.O=C1CCC2(CCNCC2)CN1Cc1cc(F)cc(F)c1. The molecular formula is C16H21ClF2N2O. The molecule has 3 nitrogen and oxygen atoms in total. The van der Waals surface area contributed by atoms with E-state index in [0.717, 1.165) is 38.4 Å². The first-order chi connectivity index (χ1) is 10.1. The summed E-state index contributed by atoms with van der Waals surface area (Å²) in [7, 11) is 0. The van der Waals surface area contributed by atoms with Gasteiger partial charge in [-0.15, -0.1) is 12.4 Å². The topological polar surface area (TPSA) is 32.3 Å². The van der Waals surface area contributed by atoms with Crippen molar-refractivity contribution in [1.82, 2.24) is 10.2 Å². The van der Waals surface area contributed by atoms with E-state index < -0.39 is 11.6 Å². The highest BCUT2D eigenvalue weighted by atomic mass is 35.5. The molecule has 0 saturated carbocycles. The van der Waals surface area contributed by atoms with Gasteiger partial charge in [0.15, 0.2) is 0 Å². The average molecular weight is 331 g/mol. The lowest BCUT2D eigenvalue weighted by atomic mass is 9.72. The maximum absolute atomic E-state index is 13.3. The van der Waals surface area contributed by atoms with Crippen molar-refractivity contribution in [3.8, 4) is 0 Å². The van der Waals surface area contributed by atoms with Crippen LogP contribution in [-0.4, -0.2) is 30.4 Å². The second-order valence-corrected chi connectivity index (χ2v) is 6.28. The maximum atomic E-state index is 13.3. The molecule has 0 unspecified atom stereocenters. The summed E-state index contributed by atoms with van der Waals surface area (Å²) < 4.78 is 26.6. The van der Waals surface area contributed by atoms with Gasteiger partial charge in [0, 0.05) is 25.6 Å². The van der Waals surface area contributed by atoms with Gasteiger partial charge < -0.3 is 10.2 Å². The molecule has 0 atom stereocenters. The van der Waals surface area contributed by atoms with Gasteiger partial charge in [-0.2, -0.15) is 0 Å². The molecule has 2 saturated heterocycles. The lowest BCUT2D eigenvalue weighted by Gasteiger charge is -2.45.